The number of hydrogen-bond donors (Lipinski definition) is 1. The number of nitrogens with one attached hydrogen (secondary N) is 1. The highest BCUT2D eigenvalue weighted by atomic mass is 35.5. The Morgan fingerprint density at radius 1 is 1.29 bits per heavy atom. The third kappa shape index (κ3) is 3.97. The molecule has 1 saturated heterocycles. The standard InChI is InChI=1S/C17H18Cl2N4O/c1-11-3-2-6-23(10-11)16-9-20-15(8-21-16)17(24)22-14-7-12(18)4-5-13(14)19/h4-5,7-9,11H,2-3,6,10H2,1H3,(H,22,24). The number of nitrogens with zero attached hydrogens (tertiary/aromatic N) is 3. The summed E-state index contributed by atoms with van der Waals surface area (Å²) < 4.78 is 0. The van der Waals surface area contributed by atoms with E-state index in [2.05, 4.69) is 27.1 Å². The number of piperidine rings is 1. The Labute approximate surface area is 151 Å². The molecule has 0 aliphatic carbocycles. The van der Waals surface area contributed by atoms with E-state index in [-0.39, 0.29) is 11.6 Å². The first kappa shape index (κ1) is 17.0. The number of benzene rings is 1. The molecule has 1 aromatic carbocycles. The highest BCUT2D eigenvalue weighted by molar-refractivity contribution is 6.35. The summed E-state index contributed by atoms with van der Waals surface area (Å²) in [6, 6.07) is 4.89. The van der Waals surface area contributed by atoms with Gasteiger partial charge in [-0.1, -0.05) is 30.1 Å². The zero-order chi connectivity index (χ0) is 17.1. The van der Waals surface area contributed by atoms with Crippen LogP contribution in [0.4, 0.5) is 11.5 Å². The molecule has 7 heteroatoms. The van der Waals surface area contributed by atoms with Gasteiger partial charge in [-0.2, -0.15) is 0 Å². The topological polar surface area (TPSA) is 58.1 Å². The molecule has 1 aliphatic heterocycles. The lowest BCUT2D eigenvalue weighted by molar-refractivity contribution is 0.102. The monoisotopic (exact) mass is 364 g/mol. The van der Waals surface area contributed by atoms with Gasteiger partial charge in [-0.3, -0.25) is 4.79 Å². The number of anilines is 2. The Bertz CT molecular complexity index is 736. The highest BCUT2D eigenvalue weighted by Gasteiger charge is 2.18. The van der Waals surface area contributed by atoms with Crippen LogP contribution in [0.15, 0.2) is 30.6 Å². The number of carbonyl (C=O) groups excluding carboxylic acids is 1. The van der Waals surface area contributed by atoms with Crippen LogP contribution >= 0.6 is 23.2 Å². The van der Waals surface area contributed by atoms with E-state index in [0.717, 1.165) is 25.3 Å². The smallest absolute Gasteiger partial charge is 0.275 e. The Hall–Kier alpha value is -1.85. The van der Waals surface area contributed by atoms with E-state index in [4.69, 9.17) is 23.2 Å². The number of halogens is 2. The van der Waals surface area contributed by atoms with Gasteiger partial charge in [0.05, 0.1) is 23.1 Å². The fourth-order valence-corrected chi connectivity index (χ4v) is 3.12. The van der Waals surface area contributed by atoms with Gasteiger partial charge in [0.2, 0.25) is 0 Å². The summed E-state index contributed by atoms with van der Waals surface area (Å²) in [5.74, 6) is 1.08. The summed E-state index contributed by atoms with van der Waals surface area (Å²) >= 11 is 12.0. The van der Waals surface area contributed by atoms with Crippen molar-refractivity contribution in [2.24, 2.45) is 5.92 Å². The van der Waals surface area contributed by atoms with Crippen molar-refractivity contribution < 1.29 is 4.79 Å². The van der Waals surface area contributed by atoms with Crippen molar-refractivity contribution in [2.45, 2.75) is 19.8 Å². The fraction of sp³-hybridized carbons (Fsp3) is 0.353. The Morgan fingerprint density at radius 3 is 2.83 bits per heavy atom. The minimum absolute atomic E-state index is 0.236. The molecule has 2 heterocycles. The lowest BCUT2D eigenvalue weighted by Crippen LogP contribution is -2.35. The molecule has 1 atom stereocenters. The van der Waals surface area contributed by atoms with Crippen LogP contribution in [0.3, 0.4) is 0 Å². The zero-order valence-electron chi connectivity index (χ0n) is 13.3. The van der Waals surface area contributed by atoms with E-state index in [1.165, 1.54) is 12.6 Å². The summed E-state index contributed by atoms with van der Waals surface area (Å²) in [7, 11) is 0. The average Bonchev–Trinajstić information content (AvgIpc) is 2.58. The highest BCUT2D eigenvalue weighted by Crippen LogP contribution is 2.26. The van der Waals surface area contributed by atoms with Gasteiger partial charge in [-0.25, -0.2) is 9.97 Å². The first-order valence-corrected chi connectivity index (χ1v) is 8.62. The van der Waals surface area contributed by atoms with E-state index in [1.807, 2.05) is 0 Å². The second-order valence-corrected chi connectivity index (χ2v) is 6.88. The molecule has 1 aromatic heterocycles. The van der Waals surface area contributed by atoms with Crippen molar-refractivity contribution in [3.05, 3.63) is 46.3 Å². The van der Waals surface area contributed by atoms with Crippen molar-refractivity contribution in [3.8, 4) is 0 Å². The molecular formula is C17H18Cl2N4O. The number of carbonyl (C=O) groups is 1. The van der Waals surface area contributed by atoms with Crippen LogP contribution in [0.25, 0.3) is 0 Å². The molecule has 126 valence electrons. The van der Waals surface area contributed by atoms with Crippen LogP contribution in [0.5, 0.6) is 0 Å². The quantitative estimate of drug-likeness (QED) is 0.883. The summed E-state index contributed by atoms with van der Waals surface area (Å²) in [5.41, 5.74) is 0.685. The predicted molar refractivity (Wildman–Crippen MR) is 97.1 cm³/mol. The molecule has 1 amide bonds. The maximum atomic E-state index is 12.3. The summed E-state index contributed by atoms with van der Waals surface area (Å²) in [6.45, 7) is 4.18. The average molecular weight is 365 g/mol. The van der Waals surface area contributed by atoms with Crippen molar-refractivity contribution in [2.75, 3.05) is 23.3 Å². The van der Waals surface area contributed by atoms with Crippen LogP contribution in [0, 0.1) is 5.92 Å². The van der Waals surface area contributed by atoms with Gasteiger partial charge in [-0.15, -0.1) is 0 Å². The maximum Gasteiger partial charge on any atom is 0.275 e. The van der Waals surface area contributed by atoms with Crippen molar-refractivity contribution in [1.29, 1.82) is 0 Å². The number of aromatic nitrogens is 2. The van der Waals surface area contributed by atoms with E-state index < -0.39 is 0 Å². The predicted octanol–water partition coefficient (Wildman–Crippen LogP) is 4.27. The maximum absolute atomic E-state index is 12.3. The molecule has 0 spiro atoms. The van der Waals surface area contributed by atoms with Gasteiger partial charge in [0.15, 0.2) is 0 Å². The Balaban J connectivity index is 1.70. The summed E-state index contributed by atoms with van der Waals surface area (Å²) in [6.07, 6.45) is 5.53. The lowest BCUT2D eigenvalue weighted by Gasteiger charge is -2.31. The molecule has 5 nitrogen and oxygen atoms in total. The molecule has 24 heavy (non-hydrogen) atoms. The molecular weight excluding hydrogens is 347 g/mol. The number of rotatable bonds is 3. The van der Waals surface area contributed by atoms with Gasteiger partial charge in [-0.05, 0) is 37.0 Å². The molecule has 1 unspecified atom stereocenters. The minimum Gasteiger partial charge on any atom is -0.355 e. The van der Waals surface area contributed by atoms with Crippen molar-refractivity contribution in [1.82, 2.24) is 9.97 Å². The first-order chi connectivity index (χ1) is 11.5. The van der Waals surface area contributed by atoms with Gasteiger partial charge in [0.25, 0.3) is 5.91 Å². The molecule has 0 bridgehead atoms. The minimum atomic E-state index is -0.370. The van der Waals surface area contributed by atoms with Gasteiger partial charge >= 0.3 is 0 Å². The van der Waals surface area contributed by atoms with Crippen LogP contribution in [0.1, 0.15) is 30.3 Å². The fourth-order valence-electron chi connectivity index (χ4n) is 2.78. The van der Waals surface area contributed by atoms with E-state index in [1.54, 1.807) is 24.4 Å². The summed E-state index contributed by atoms with van der Waals surface area (Å²) in [4.78, 5) is 23.1. The van der Waals surface area contributed by atoms with E-state index in [0.29, 0.717) is 21.7 Å². The second kappa shape index (κ2) is 7.36. The molecule has 1 fully saturated rings. The van der Waals surface area contributed by atoms with Gasteiger partial charge < -0.3 is 10.2 Å². The van der Waals surface area contributed by atoms with Crippen LogP contribution in [0.2, 0.25) is 10.0 Å². The molecule has 3 rings (SSSR count). The largest absolute Gasteiger partial charge is 0.355 e. The van der Waals surface area contributed by atoms with Crippen LogP contribution < -0.4 is 10.2 Å². The SMILES string of the molecule is CC1CCCN(c2cnc(C(=O)Nc3cc(Cl)ccc3Cl)cn2)C1. The normalized spacial score (nSPS) is 17.6. The third-order valence-corrected chi connectivity index (χ3v) is 4.59. The molecule has 0 saturated carbocycles. The zero-order valence-corrected chi connectivity index (χ0v) is 14.8. The third-order valence-electron chi connectivity index (χ3n) is 4.03. The molecule has 0 radical (unpaired) electrons. The van der Waals surface area contributed by atoms with E-state index in [9.17, 15) is 4.79 Å². The van der Waals surface area contributed by atoms with Crippen molar-refractivity contribution >= 4 is 40.6 Å². The Morgan fingerprint density at radius 2 is 2.12 bits per heavy atom. The summed E-state index contributed by atoms with van der Waals surface area (Å²) in [5, 5.41) is 3.61. The molecule has 1 aliphatic rings. The Kier molecular flexibility index (Phi) is 5.21. The lowest BCUT2D eigenvalue weighted by atomic mass is 10.0. The first-order valence-electron chi connectivity index (χ1n) is 7.86. The number of amides is 1. The van der Waals surface area contributed by atoms with Crippen LogP contribution in [-0.4, -0.2) is 29.0 Å². The van der Waals surface area contributed by atoms with E-state index >= 15 is 0 Å². The van der Waals surface area contributed by atoms with Crippen LogP contribution in [-0.2, 0) is 0 Å². The number of hydrogen-bond acceptors (Lipinski definition) is 4. The molecule has 2 aromatic rings. The van der Waals surface area contributed by atoms with Gasteiger partial charge in [0, 0.05) is 18.1 Å². The van der Waals surface area contributed by atoms with Gasteiger partial charge in [0.1, 0.15) is 11.5 Å². The van der Waals surface area contributed by atoms with Crippen molar-refractivity contribution in [3.63, 3.8) is 0 Å². The second-order valence-electron chi connectivity index (χ2n) is 6.03. The molecule has 1 N–H and O–H groups in total.